The van der Waals surface area contributed by atoms with Crippen LogP contribution in [0.3, 0.4) is 0 Å². The molecular weight excluding hydrogens is 136 g/mol. The van der Waals surface area contributed by atoms with Gasteiger partial charge in [0, 0.05) is 6.42 Å². The second kappa shape index (κ2) is 4.58. The van der Waals surface area contributed by atoms with E-state index < -0.39 is 25.4 Å². The summed E-state index contributed by atoms with van der Waals surface area (Å²) in [6.07, 6.45) is -4.90. The van der Waals surface area contributed by atoms with Crippen molar-refractivity contribution in [1.82, 2.24) is 0 Å². The Morgan fingerprint density at radius 2 is 1.78 bits per heavy atom. The largest absolute Gasteiger partial charge is 0.248 e. The van der Waals surface area contributed by atoms with Crippen molar-refractivity contribution in [3.05, 3.63) is 6.67 Å². The van der Waals surface area contributed by atoms with Crippen molar-refractivity contribution in [2.45, 2.75) is 18.8 Å². The minimum atomic E-state index is -2.18. The summed E-state index contributed by atoms with van der Waals surface area (Å²) >= 11 is 0. The fraction of sp³-hybridized carbons (Fsp3) is 0.800. The Balaban J connectivity index is 3.32. The molecule has 4 heteroatoms. The maximum Gasteiger partial charge on any atom is 0.159 e. The zero-order chi connectivity index (χ0) is 7.28. The maximum absolute atomic E-state index is 11.9. The second-order valence-corrected chi connectivity index (χ2v) is 1.58. The molecule has 0 aromatic rings. The Morgan fingerprint density at radius 1 is 1.22 bits per heavy atom. The van der Waals surface area contributed by atoms with E-state index in [1.54, 1.807) is 0 Å². The van der Waals surface area contributed by atoms with Gasteiger partial charge in [0.1, 0.15) is 19.5 Å². The van der Waals surface area contributed by atoms with Gasteiger partial charge in [0.2, 0.25) is 0 Å². The van der Waals surface area contributed by atoms with Crippen LogP contribution in [0.4, 0.5) is 17.6 Å². The molecule has 0 rings (SSSR count). The molecule has 0 aromatic carbocycles. The van der Waals surface area contributed by atoms with Gasteiger partial charge >= 0.3 is 0 Å². The maximum atomic E-state index is 11.9. The van der Waals surface area contributed by atoms with E-state index in [1.807, 2.05) is 0 Å². The zero-order valence-corrected chi connectivity index (χ0v) is 4.66. The molecule has 2 atom stereocenters. The van der Waals surface area contributed by atoms with Gasteiger partial charge in [-0.05, 0) is 0 Å². The first-order valence-electron chi connectivity index (χ1n) is 2.48. The molecule has 0 saturated heterocycles. The van der Waals surface area contributed by atoms with Gasteiger partial charge in [-0.1, -0.05) is 0 Å². The molecule has 9 heavy (non-hydrogen) atoms. The van der Waals surface area contributed by atoms with Crippen LogP contribution in [-0.4, -0.2) is 19.0 Å². The number of alkyl halides is 3. The average Bonchev–Trinajstić information content (AvgIpc) is 1.87. The molecule has 0 bridgehead atoms. The van der Waals surface area contributed by atoms with Crippen LogP contribution >= 0.6 is 0 Å². The van der Waals surface area contributed by atoms with Crippen LogP contribution in [0.25, 0.3) is 0 Å². The first kappa shape index (κ1) is 8.72. The van der Waals surface area contributed by atoms with Crippen molar-refractivity contribution in [2.75, 3.05) is 6.67 Å². The van der Waals surface area contributed by atoms with E-state index >= 15 is 0 Å². The van der Waals surface area contributed by atoms with Crippen LogP contribution in [0.1, 0.15) is 6.42 Å². The van der Waals surface area contributed by atoms with Gasteiger partial charge < -0.3 is 0 Å². The third-order valence-electron chi connectivity index (χ3n) is 0.854. The lowest BCUT2D eigenvalue weighted by molar-refractivity contribution is 0.131. The normalized spacial score (nSPS) is 17.3. The first-order chi connectivity index (χ1) is 4.22. The van der Waals surface area contributed by atoms with E-state index in [4.69, 9.17) is 0 Å². The van der Waals surface area contributed by atoms with Crippen molar-refractivity contribution in [3.8, 4) is 0 Å². The summed E-state index contributed by atoms with van der Waals surface area (Å²) in [6, 6.07) is 0. The van der Waals surface area contributed by atoms with Crippen molar-refractivity contribution in [3.63, 3.8) is 0 Å². The van der Waals surface area contributed by atoms with E-state index in [9.17, 15) is 17.6 Å². The first-order valence-corrected chi connectivity index (χ1v) is 2.48. The van der Waals surface area contributed by atoms with Crippen LogP contribution in [0.15, 0.2) is 0 Å². The highest BCUT2D eigenvalue weighted by molar-refractivity contribution is 4.69. The SMILES string of the molecule is F[CH]CC(F)C(F)CF. The Hall–Kier alpha value is -0.280. The van der Waals surface area contributed by atoms with Crippen LogP contribution in [0.5, 0.6) is 0 Å². The predicted octanol–water partition coefficient (Wildman–Crippen LogP) is 2.15. The van der Waals surface area contributed by atoms with E-state index in [-0.39, 0.29) is 6.67 Å². The van der Waals surface area contributed by atoms with Crippen molar-refractivity contribution in [1.29, 1.82) is 0 Å². The number of halogens is 4. The Kier molecular flexibility index (Phi) is 4.44. The second-order valence-electron chi connectivity index (χ2n) is 1.58. The number of hydrogen-bond donors (Lipinski definition) is 0. The topological polar surface area (TPSA) is 0 Å². The Bertz CT molecular complexity index is 66.0. The van der Waals surface area contributed by atoms with Gasteiger partial charge in [-0.2, -0.15) is 0 Å². The minimum Gasteiger partial charge on any atom is -0.248 e. The lowest BCUT2D eigenvalue weighted by atomic mass is 10.2. The highest BCUT2D eigenvalue weighted by Gasteiger charge is 2.19. The van der Waals surface area contributed by atoms with Gasteiger partial charge in [-0.3, -0.25) is 0 Å². The fourth-order valence-corrected chi connectivity index (χ4v) is 0.329. The molecule has 0 aliphatic carbocycles. The number of rotatable bonds is 4. The third-order valence-corrected chi connectivity index (χ3v) is 0.854. The molecule has 0 fully saturated rings. The van der Waals surface area contributed by atoms with Crippen molar-refractivity contribution >= 4 is 0 Å². The van der Waals surface area contributed by atoms with Crippen LogP contribution in [0.2, 0.25) is 0 Å². The lowest BCUT2D eigenvalue weighted by Gasteiger charge is -2.05. The monoisotopic (exact) mass is 143 g/mol. The van der Waals surface area contributed by atoms with Gasteiger partial charge in [-0.25, -0.2) is 17.6 Å². The zero-order valence-electron chi connectivity index (χ0n) is 4.66. The quantitative estimate of drug-likeness (QED) is 0.529. The molecule has 0 aliphatic heterocycles. The smallest absolute Gasteiger partial charge is 0.159 e. The van der Waals surface area contributed by atoms with Crippen LogP contribution in [-0.2, 0) is 0 Å². The molecule has 0 N–H and O–H groups in total. The Labute approximate surface area is 50.9 Å². The molecule has 0 heterocycles. The molecule has 0 aromatic heterocycles. The van der Waals surface area contributed by atoms with E-state index in [0.717, 1.165) is 0 Å². The molecule has 2 unspecified atom stereocenters. The summed E-state index contributed by atoms with van der Waals surface area (Å²) in [4.78, 5) is 0. The summed E-state index contributed by atoms with van der Waals surface area (Å²) < 4.78 is 46.0. The summed E-state index contributed by atoms with van der Waals surface area (Å²) in [5, 5.41) is 0. The molecular formula is C5H7F4. The van der Waals surface area contributed by atoms with Gasteiger partial charge in [-0.15, -0.1) is 0 Å². The third kappa shape index (κ3) is 3.32. The number of hydrogen-bond acceptors (Lipinski definition) is 0. The standard InChI is InChI=1S/C5H7F4/c6-2-1-4(8)5(9)3-7/h2,4-5H,1,3H2. The van der Waals surface area contributed by atoms with E-state index in [2.05, 4.69) is 0 Å². The fourth-order valence-electron chi connectivity index (χ4n) is 0.329. The lowest BCUT2D eigenvalue weighted by Crippen LogP contribution is -2.18. The van der Waals surface area contributed by atoms with Gasteiger partial charge in [0.25, 0.3) is 0 Å². The van der Waals surface area contributed by atoms with E-state index in [0.29, 0.717) is 0 Å². The molecule has 1 radical (unpaired) electrons. The molecule has 0 spiro atoms. The summed E-state index contributed by atoms with van der Waals surface area (Å²) in [5.74, 6) is 0. The minimum absolute atomic E-state index is 0.0209. The molecule has 0 amide bonds. The van der Waals surface area contributed by atoms with Crippen LogP contribution in [0, 0.1) is 6.67 Å². The van der Waals surface area contributed by atoms with Gasteiger partial charge in [0.05, 0.1) is 0 Å². The molecule has 0 nitrogen and oxygen atoms in total. The summed E-state index contributed by atoms with van der Waals surface area (Å²) in [6.45, 7) is -1.41. The average molecular weight is 143 g/mol. The highest BCUT2D eigenvalue weighted by atomic mass is 19.2. The highest BCUT2D eigenvalue weighted by Crippen LogP contribution is 2.10. The van der Waals surface area contributed by atoms with Crippen molar-refractivity contribution < 1.29 is 17.6 Å². The van der Waals surface area contributed by atoms with Crippen LogP contribution < -0.4 is 0 Å². The van der Waals surface area contributed by atoms with Crippen molar-refractivity contribution in [2.24, 2.45) is 0 Å². The predicted molar refractivity (Wildman–Crippen MR) is 25.8 cm³/mol. The molecule has 0 saturated carbocycles. The molecule has 0 aliphatic rings. The van der Waals surface area contributed by atoms with E-state index in [1.165, 1.54) is 0 Å². The Morgan fingerprint density at radius 3 is 2.11 bits per heavy atom. The molecule has 55 valence electrons. The summed E-state index contributed by atoms with van der Waals surface area (Å²) in [5.41, 5.74) is 0. The summed E-state index contributed by atoms with van der Waals surface area (Å²) in [7, 11) is 0. The van der Waals surface area contributed by atoms with Gasteiger partial charge in [0.15, 0.2) is 6.17 Å².